The molecular weight excluding hydrogens is 220 g/mol. The van der Waals surface area contributed by atoms with Gasteiger partial charge in [-0.05, 0) is 49.3 Å². The number of nitrogens with zero attached hydrogens (tertiary/aromatic N) is 1. The summed E-state index contributed by atoms with van der Waals surface area (Å²) in [5.41, 5.74) is 2.90. The molecule has 0 heterocycles. The SMILES string of the molecule is CCC1CCC(Nc2ccc(C)cc2C#N)C1C. The van der Waals surface area contributed by atoms with Crippen LogP contribution < -0.4 is 5.32 Å². The summed E-state index contributed by atoms with van der Waals surface area (Å²) in [6, 6.07) is 8.87. The van der Waals surface area contributed by atoms with Crippen molar-refractivity contribution >= 4 is 5.69 Å². The number of hydrogen-bond donors (Lipinski definition) is 1. The maximum Gasteiger partial charge on any atom is 0.101 e. The lowest BCUT2D eigenvalue weighted by Crippen LogP contribution is -2.25. The Labute approximate surface area is 110 Å². The first-order valence-electron chi connectivity index (χ1n) is 6.93. The van der Waals surface area contributed by atoms with Crippen LogP contribution in [0.2, 0.25) is 0 Å². The third kappa shape index (κ3) is 2.51. The molecule has 1 aliphatic carbocycles. The summed E-state index contributed by atoms with van der Waals surface area (Å²) in [5, 5.41) is 12.8. The van der Waals surface area contributed by atoms with Crippen LogP contribution in [0.4, 0.5) is 5.69 Å². The van der Waals surface area contributed by atoms with Gasteiger partial charge in [0.05, 0.1) is 11.3 Å². The maximum atomic E-state index is 9.19. The van der Waals surface area contributed by atoms with E-state index in [4.69, 9.17) is 0 Å². The second-order valence-electron chi connectivity index (χ2n) is 5.52. The Kier molecular flexibility index (Phi) is 3.91. The molecule has 2 rings (SSSR count). The Morgan fingerprint density at radius 1 is 1.39 bits per heavy atom. The van der Waals surface area contributed by atoms with Crippen LogP contribution in [0.5, 0.6) is 0 Å². The van der Waals surface area contributed by atoms with Crippen LogP contribution >= 0.6 is 0 Å². The average molecular weight is 242 g/mol. The Balaban J connectivity index is 2.13. The van der Waals surface area contributed by atoms with Crippen LogP contribution in [0.1, 0.15) is 44.2 Å². The number of rotatable bonds is 3. The van der Waals surface area contributed by atoms with Crippen LogP contribution in [0.25, 0.3) is 0 Å². The van der Waals surface area contributed by atoms with Gasteiger partial charge in [0, 0.05) is 6.04 Å². The molecule has 1 saturated carbocycles. The Bertz CT molecular complexity index is 459. The van der Waals surface area contributed by atoms with Gasteiger partial charge in [0.15, 0.2) is 0 Å². The van der Waals surface area contributed by atoms with Crippen molar-refractivity contribution in [2.24, 2.45) is 11.8 Å². The van der Waals surface area contributed by atoms with E-state index in [0.717, 1.165) is 22.7 Å². The van der Waals surface area contributed by atoms with E-state index >= 15 is 0 Å². The minimum atomic E-state index is 0.518. The molecule has 0 spiro atoms. The average Bonchev–Trinajstić information content (AvgIpc) is 2.72. The highest BCUT2D eigenvalue weighted by atomic mass is 14.9. The smallest absolute Gasteiger partial charge is 0.101 e. The molecule has 1 aliphatic rings. The normalized spacial score (nSPS) is 26.9. The molecule has 0 aliphatic heterocycles. The van der Waals surface area contributed by atoms with E-state index in [1.165, 1.54) is 19.3 Å². The lowest BCUT2D eigenvalue weighted by molar-refractivity contribution is 0.392. The topological polar surface area (TPSA) is 35.8 Å². The van der Waals surface area contributed by atoms with Gasteiger partial charge < -0.3 is 5.32 Å². The van der Waals surface area contributed by atoms with Crippen LogP contribution in [0.3, 0.4) is 0 Å². The summed E-state index contributed by atoms with van der Waals surface area (Å²) in [7, 11) is 0. The predicted molar refractivity (Wildman–Crippen MR) is 75.5 cm³/mol. The van der Waals surface area contributed by atoms with Gasteiger partial charge in [-0.1, -0.05) is 26.3 Å². The zero-order chi connectivity index (χ0) is 13.1. The van der Waals surface area contributed by atoms with Gasteiger partial charge in [0.2, 0.25) is 0 Å². The zero-order valence-electron chi connectivity index (χ0n) is 11.5. The molecule has 3 atom stereocenters. The molecule has 0 aromatic heterocycles. The third-order valence-electron chi connectivity index (χ3n) is 4.39. The summed E-state index contributed by atoms with van der Waals surface area (Å²) in [4.78, 5) is 0. The van der Waals surface area contributed by atoms with Crippen LogP contribution in [-0.2, 0) is 0 Å². The van der Waals surface area contributed by atoms with Crippen molar-refractivity contribution in [3.8, 4) is 6.07 Å². The van der Waals surface area contributed by atoms with Gasteiger partial charge >= 0.3 is 0 Å². The van der Waals surface area contributed by atoms with E-state index in [-0.39, 0.29) is 0 Å². The Hall–Kier alpha value is -1.49. The minimum absolute atomic E-state index is 0.518. The molecule has 0 bridgehead atoms. The number of aryl methyl sites for hydroxylation is 1. The fourth-order valence-corrected chi connectivity index (χ4v) is 3.10. The molecule has 18 heavy (non-hydrogen) atoms. The summed E-state index contributed by atoms with van der Waals surface area (Å²) in [6.07, 6.45) is 3.79. The summed E-state index contributed by atoms with van der Waals surface area (Å²) in [5.74, 6) is 1.53. The quantitative estimate of drug-likeness (QED) is 0.866. The molecule has 1 N–H and O–H groups in total. The van der Waals surface area contributed by atoms with Gasteiger partial charge in [0.1, 0.15) is 6.07 Å². The highest BCUT2D eigenvalue weighted by molar-refractivity contribution is 5.59. The van der Waals surface area contributed by atoms with Crippen molar-refractivity contribution in [2.45, 2.75) is 46.1 Å². The van der Waals surface area contributed by atoms with E-state index in [1.807, 2.05) is 19.1 Å². The molecule has 0 radical (unpaired) electrons. The number of nitrogens with one attached hydrogen (secondary N) is 1. The second kappa shape index (κ2) is 5.44. The van der Waals surface area contributed by atoms with Crippen LogP contribution in [0.15, 0.2) is 18.2 Å². The lowest BCUT2D eigenvalue weighted by Gasteiger charge is -2.22. The van der Waals surface area contributed by atoms with Gasteiger partial charge in [-0.25, -0.2) is 0 Å². The number of hydrogen-bond acceptors (Lipinski definition) is 2. The molecule has 2 nitrogen and oxygen atoms in total. The molecule has 1 fully saturated rings. The third-order valence-corrected chi connectivity index (χ3v) is 4.39. The van der Waals surface area contributed by atoms with E-state index in [9.17, 15) is 5.26 Å². The number of nitriles is 1. The minimum Gasteiger partial charge on any atom is -0.381 e. The van der Waals surface area contributed by atoms with Gasteiger partial charge in [-0.3, -0.25) is 0 Å². The fourth-order valence-electron chi connectivity index (χ4n) is 3.10. The van der Waals surface area contributed by atoms with E-state index in [0.29, 0.717) is 12.0 Å². The molecule has 96 valence electrons. The van der Waals surface area contributed by atoms with Gasteiger partial charge in [0.25, 0.3) is 0 Å². The second-order valence-corrected chi connectivity index (χ2v) is 5.52. The predicted octanol–water partition coefficient (Wildman–Crippen LogP) is 4.10. The van der Waals surface area contributed by atoms with Gasteiger partial charge in [-0.2, -0.15) is 5.26 Å². The highest BCUT2D eigenvalue weighted by Crippen LogP contribution is 2.36. The zero-order valence-corrected chi connectivity index (χ0v) is 11.5. The summed E-state index contributed by atoms with van der Waals surface area (Å²) >= 11 is 0. The van der Waals surface area contributed by atoms with Crippen molar-refractivity contribution in [3.05, 3.63) is 29.3 Å². The summed E-state index contributed by atoms with van der Waals surface area (Å²) < 4.78 is 0. The molecule has 0 amide bonds. The summed E-state index contributed by atoms with van der Waals surface area (Å²) in [6.45, 7) is 6.63. The standard InChI is InChI=1S/C16H22N2/c1-4-13-6-8-15(12(13)3)18-16-7-5-11(2)9-14(16)10-17/h5,7,9,12-13,15,18H,4,6,8H2,1-3H3. The Morgan fingerprint density at radius 3 is 2.78 bits per heavy atom. The van der Waals surface area contributed by atoms with Crippen LogP contribution in [-0.4, -0.2) is 6.04 Å². The van der Waals surface area contributed by atoms with Gasteiger partial charge in [-0.15, -0.1) is 0 Å². The fraction of sp³-hybridized carbons (Fsp3) is 0.562. The molecule has 0 saturated heterocycles. The lowest BCUT2D eigenvalue weighted by atomic mass is 9.93. The van der Waals surface area contributed by atoms with E-state index < -0.39 is 0 Å². The molecule has 3 unspecified atom stereocenters. The molecule has 2 heteroatoms. The molecular formula is C16H22N2. The Morgan fingerprint density at radius 2 is 2.17 bits per heavy atom. The van der Waals surface area contributed by atoms with Crippen LogP contribution in [0, 0.1) is 30.1 Å². The first kappa shape index (κ1) is 13.0. The highest BCUT2D eigenvalue weighted by Gasteiger charge is 2.31. The maximum absolute atomic E-state index is 9.19. The van der Waals surface area contributed by atoms with E-state index in [2.05, 4.69) is 31.3 Å². The number of anilines is 1. The first-order chi connectivity index (χ1) is 8.65. The van der Waals surface area contributed by atoms with Crippen molar-refractivity contribution in [1.29, 1.82) is 5.26 Å². The largest absolute Gasteiger partial charge is 0.381 e. The first-order valence-corrected chi connectivity index (χ1v) is 6.93. The molecule has 1 aromatic carbocycles. The van der Waals surface area contributed by atoms with Crippen molar-refractivity contribution < 1.29 is 0 Å². The van der Waals surface area contributed by atoms with Crippen molar-refractivity contribution in [3.63, 3.8) is 0 Å². The number of benzene rings is 1. The van der Waals surface area contributed by atoms with Crippen molar-refractivity contribution in [1.82, 2.24) is 0 Å². The van der Waals surface area contributed by atoms with E-state index in [1.54, 1.807) is 0 Å². The molecule has 1 aromatic rings. The van der Waals surface area contributed by atoms with Crippen molar-refractivity contribution in [2.75, 3.05) is 5.32 Å². The monoisotopic (exact) mass is 242 g/mol.